The fourth-order valence-electron chi connectivity index (χ4n) is 1.69. The third-order valence-electron chi connectivity index (χ3n) is 2.75. The molecule has 2 amide bonds. The minimum absolute atomic E-state index is 0.305. The first-order valence-electron chi connectivity index (χ1n) is 5.98. The van der Waals surface area contributed by atoms with Crippen LogP contribution >= 0.6 is 11.6 Å². The molecule has 2 N–H and O–H groups in total. The number of hydrogen-bond acceptors (Lipinski definition) is 2. The summed E-state index contributed by atoms with van der Waals surface area (Å²) in [6, 6.07) is 12.2. The van der Waals surface area contributed by atoms with Crippen LogP contribution in [-0.4, -0.2) is 12.3 Å². The van der Waals surface area contributed by atoms with Gasteiger partial charge in [0.05, 0.1) is 10.6 Å². The lowest BCUT2D eigenvalue weighted by Gasteiger charge is -2.08. The number of nitrogens with one attached hydrogen (secondary N) is 2. The molecule has 0 heterocycles. The van der Waals surface area contributed by atoms with Crippen molar-refractivity contribution in [1.29, 1.82) is 0 Å². The van der Waals surface area contributed by atoms with E-state index in [1.807, 2.05) is 31.2 Å². The highest BCUT2D eigenvalue weighted by atomic mass is 35.5. The lowest BCUT2D eigenvalue weighted by molar-refractivity contribution is -0.105. The van der Waals surface area contributed by atoms with Gasteiger partial charge in [-0.1, -0.05) is 29.3 Å². The van der Waals surface area contributed by atoms with Crippen molar-refractivity contribution in [3.05, 3.63) is 58.6 Å². The monoisotopic (exact) mass is 288 g/mol. The fourth-order valence-corrected chi connectivity index (χ4v) is 1.90. The maximum Gasteiger partial charge on any atom is 0.257 e. The van der Waals surface area contributed by atoms with Gasteiger partial charge in [0.1, 0.15) is 0 Å². The van der Waals surface area contributed by atoms with Crippen LogP contribution in [-0.2, 0) is 4.79 Å². The Kier molecular flexibility index (Phi) is 4.38. The molecule has 0 aromatic heterocycles. The van der Waals surface area contributed by atoms with Crippen LogP contribution in [0.2, 0.25) is 5.02 Å². The first-order chi connectivity index (χ1) is 9.60. The van der Waals surface area contributed by atoms with E-state index in [4.69, 9.17) is 11.6 Å². The maximum absolute atomic E-state index is 12.2. The van der Waals surface area contributed by atoms with E-state index in [1.54, 1.807) is 12.1 Å². The van der Waals surface area contributed by atoms with Gasteiger partial charge in [-0.2, -0.15) is 0 Å². The van der Waals surface area contributed by atoms with Crippen molar-refractivity contribution in [2.24, 2.45) is 0 Å². The Morgan fingerprint density at radius 3 is 2.40 bits per heavy atom. The van der Waals surface area contributed by atoms with Crippen LogP contribution in [0.1, 0.15) is 15.9 Å². The Labute approximate surface area is 121 Å². The lowest BCUT2D eigenvalue weighted by Crippen LogP contribution is -2.13. The van der Waals surface area contributed by atoms with E-state index >= 15 is 0 Å². The van der Waals surface area contributed by atoms with Crippen LogP contribution in [0.3, 0.4) is 0 Å². The summed E-state index contributed by atoms with van der Waals surface area (Å²) in [6.07, 6.45) is 0.547. The van der Waals surface area contributed by atoms with E-state index in [0.717, 1.165) is 5.56 Å². The molecule has 2 aromatic rings. The standard InChI is InChI=1S/C15H13ClN2O2/c1-10-2-4-11(5-3-10)18-15(20)13-8-12(17-9-19)6-7-14(13)16/h2-9H,1H3,(H,17,19)(H,18,20). The van der Waals surface area contributed by atoms with Gasteiger partial charge in [0.2, 0.25) is 6.41 Å². The molecule has 2 aromatic carbocycles. The molecule has 5 heteroatoms. The van der Waals surface area contributed by atoms with Crippen molar-refractivity contribution in [3.63, 3.8) is 0 Å². The lowest BCUT2D eigenvalue weighted by atomic mass is 10.1. The molecule has 0 aliphatic rings. The topological polar surface area (TPSA) is 58.2 Å². The van der Waals surface area contributed by atoms with E-state index in [0.29, 0.717) is 28.4 Å². The van der Waals surface area contributed by atoms with Crippen molar-refractivity contribution in [3.8, 4) is 0 Å². The predicted octanol–water partition coefficient (Wildman–Crippen LogP) is 3.47. The minimum Gasteiger partial charge on any atom is -0.329 e. The van der Waals surface area contributed by atoms with Gasteiger partial charge in [0, 0.05) is 11.4 Å². The Bertz CT molecular complexity index is 639. The molecular weight excluding hydrogens is 276 g/mol. The molecule has 0 radical (unpaired) electrons. The number of carbonyl (C=O) groups excluding carboxylic acids is 2. The van der Waals surface area contributed by atoms with Crippen LogP contribution in [0, 0.1) is 6.92 Å². The summed E-state index contributed by atoms with van der Waals surface area (Å²) < 4.78 is 0. The highest BCUT2D eigenvalue weighted by Gasteiger charge is 2.11. The average Bonchev–Trinajstić information content (AvgIpc) is 2.43. The quantitative estimate of drug-likeness (QED) is 0.846. The van der Waals surface area contributed by atoms with Gasteiger partial charge < -0.3 is 10.6 Å². The molecule has 0 fully saturated rings. The van der Waals surface area contributed by atoms with Gasteiger partial charge in [0.25, 0.3) is 5.91 Å². The number of halogens is 1. The fraction of sp³-hybridized carbons (Fsp3) is 0.0667. The zero-order valence-corrected chi connectivity index (χ0v) is 11.6. The number of benzene rings is 2. The van der Waals surface area contributed by atoms with Crippen LogP contribution in [0.15, 0.2) is 42.5 Å². The van der Waals surface area contributed by atoms with Crippen molar-refractivity contribution in [2.45, 2.75) is 6.92 Å². The summed E-state index contributed by atoms with van der Waals surface area (Å²) in [7, 11) is 0. The third kappa shape index (κ3) is 3.36. The number of rotatable bonds is 4. The number of hydrogen-bond donors (Lipinski definition) is 2. The molecule has 0 atom stereocenters. The number of aryl methyl sites for hydroxylation is 1. The summed E-state index contributed by atoms with van der Waals surface area (Å²) in [6.45, 7) is 1.97. The Morgan fingerprint density at radius 2 is 1.75 bits per heavy atom. The predicted molar refractivity (Wildman–Crippen MR) is 80.3 cm³/mol. The summed E-state index contributed by atoms with van der Waals surface area (Å²) in [4.78, 5) is 22.6. The van der Waals surface area contributed by atoms with Crippen LogP contribution < -0.4 is 10.6 Å². The van der Waals surface area contributed by atoms with Gasteiger partial charge >= 0.3 is 0 Å². The molecule has 0 unspecified atom stereocenters. The van der Waals surface area contributed by atoms with Crippen molar-refractivity contribution < 1.29 is 9.59 Å². The van der Waals surface area contributed by atoms with Crippen LogP contribution in [0.25, 0.3) is 0 Å². The van der Waals surface area contributed by atoms with Crippen molar-refractivity contribution in [1.82, 2.24) is 0 Å². The number of anilines is 2. The highest BCUT2D eigenvalue weighted by Crippen LogP contribution is 2.21. The normalized spacial score (nSPS) is 9.90. The first-order valence-corrected chi connectivity index (χ1v) is 6.35. The molecule has 0 saturated carbocycles. The molecule has 20 heavy (non-hydrogen) atoms. The van der Waals surface area contributed by atoms with Gasteiger partial charge in [0.15, 0.2) is 0 Å². The third-order valence-corrected chi connectivity index (χ3v) is 3.08. The smallest absolute Gasteiger partial charge is 0.257 e. The van der Waals surface area contributed by atoms with E-state index in [9.17, 15) is 9.59 Å². The molecule has 0 saturated heterocycles. The Morgan fingerprint density at radius 1 is 1.10 bits per heavy atom. The second-order valence-electron chi connectivity index (χ2n) is 4.28. The van der Waals surface area contributed by atoms with E-state index in [-0.39, 0.29) is 5.91 Å². The van der Waals surface area contributed by atoms with Gasteiger partial charge in [-0.05, 0) is 37.3 Å². The largest absolute Gasteiger partial charge is 0.329 e. The van der Waals surface area contributed by atoms with Gasteiger partial charge in [-0.3, -0.25) is 9.59 Å². The number of amides is 2. The minimum atomic E-state index is -0.326. The molecule has 0 bridgehead atoms. The summed E-state index contributed by atoms with van der Waals surface area (Å²) in [5.74, 6) is -0.326. The first kappa shape index (κ1) is 14.1. The van der Waals surface area contributed by atoms with Crippen LogP contribution in [0.5, 0.6) is 0 Å². The number of carbonyl (C=O) groups is 2. The van der Waals surface area contributed by atoms with Crippen molar-refractivity contribution >= 4 is 35.3 Å². The Hall–Kier alpha value is -2.33. The zero-order chi connectivity index (χ0) is 14.5. The molecule has 0 aliphatic carbocycles. The second-order valence-corrected chi connectivity index (χ2v) is 4.68. The molecule has 102 valence electrons. The molecular formula is C15H13ClN2O2. The SMILES string of the molecule is Cc1ccc(NC(=O)c2cc(NC=O)ccc2Cl)cc1. The van der Waals surface area contributed by atoms with E-state index in [1.165, 1.54) is 6.07 Å². The zero-order valence-electron chi connectivity index (χ0n) is 10.8. The van der Waals surface area contributed by atoms with Gasteiger partial charge in [-0.25, -0.2) is 0 Å². The van der Waals surface area contributed by atoms with E-state index in [2.05, 4.69) is 10.6 Å². The molecule has 0 spiro atoms. The average molecular weight is 289 g/mol. The molecule has 0 aliphatic heterocycles. The maximum atomic E-state index is 12.2. The molecule has 4 nitrogen and oxygen atoms in total. The van der Waals surface area contributed by atoms with Crippen molar-refractivity contribution in [2.75, 3.05) is 10.6 Å². The Balaban J connectivity index is 2.21. The van der Waals surface area contributed by atoms with E-state index < -0.39 is 0 Å². The highest BCUT2D eigenvalue weighted by molar-refractivity contribution is 6.34. The summed E-state index contributed by atoms with van der Waals surface area (Å²) >= 11 is 6.01. The summed E-state index contributed by atoms with van der Waals surface area (Å²) in [5, 5.41) is 5.56. The van der Waals surface area contributed by atoms with Crippen LogP contribution in [0.4, 0.5) is 11.4 Å². The second kappa shape index (κ2) is 6.21. The molecule has 2 rings (SSSR count). The summed E-state index contributed by atoms with van der Waals surface area (Å²) in [5.41, 5.74) is 2.61. The van der Waals surface area contributed by atoms with Gasteiger partial charge in [-0.15, -0.1) is 0 Å².